The summed E-state index contributed by atoms with van der Waals surface area (Å²) in [5.74, 6) is 0.0494. The van der Waals surface area contributed by atoms with Crippen LogP contribution in [0.4, 0.5) is 11.4 Å². The van der Waals surface area contributed by atoms with Crippen molar-refractivity contribution in [1.29, 1.82) is 0 Å². The molecule has 1 aliphatic carbocycles. The van der Waals surface area contributed by atoms with Crippen molar-refractivity contribution < 1.29 is 19.2 Å². The number of anilines is 1. The molecule has 0 N–H and O–H groups in total. The summed E-state index contributed by atoms with van der Waals surface area (Å²) < 4.78 is 5.52. The molecule has 0 radical (unpaired) electrons. The van der Waals surface area contributed by atoms with E-state index in [0.717, 1.165) is 5.56 Å². The van der Waals surface area contributed by atoms with Crippen LogP contribution in [0.3, 0.4) is 0 Å². The molecular weight excluding hydrogens is 396 g/mol. The molecule has 0 spiro atoms. The van der Waals surface area contributed by atoms with Crippen LogP contribution < -0.4 is 9.64 Å². The first kappa shape index (κ1) is 20.5. The van der Waals surface area contributed by atoms with Crippen LogP contribution in [-0.4, -0.2) is 23.2 Å². The van der Waals surface area contributed by atoms with E-state index in [0.29, 0.717) is 42.9 Å². The van der Waals surface area contributed by atoms with Gasteiger partial charge in [0.15, 0.2) is 5.78 Å². The number of allylic oxidation sites excluding steroid dienone is 2. The normalized spacial score (nSPS) is 18.6. The Morgan fingerprint density at radius 3 is 2.58 bits per heavy atom. The average Bonchev–Trinajstić information content (AvgIpc) is 2.77. The lowest BCUT2D eigenvalue weighted by Crippen LogP contribution is -2.40. The van der Waals surface area contributed by atoms with E-state index in [9.17, 15) is 19.7 Å². The second-order valence-corrected chi connectivity index (χ2v) is 7.54. The Bertz CT molecular complexity index is 1090. The van der Waals surface area contributed by atoms with Crippen LogP contribution in [0.15, 0.2) is 72.5 Å². The molecule has 1 atom stereocenters. The molecule has 7 nitrogen and oxygen atoms in total. The van der Waals surface area contributed by atoms with Gasteiger partial charge in [0.2, 0.25) is 5.91 Å². The Kier molecular flexibility index (Phi) is 5.66. The molecule has 2 aromatic rings. The number of amides is 1. The van der Waals surface area contributed by atoms with E-state index < -0.39 is 4.92 Å². The smallest absolute Gasteiger partial charge is 0.293 e. The van der Waals surface area contributed by atoms with Gasteiger partial charge in [0.05, 0.1) is 4.92 Å². The minimum Gasteiger partial charge on any atom is -0.490 e. The van der Waals surface area contributed by atoms with Gasteiger partial charge in [0, 0.05) is 36.1 Å². The molecule has 31 heavy (non-hydrogen) atoms. The molecule has 0 aromatic heterocycles. The summed E-state index contributed by atoms with van der Waals surface area (Å²) in [6.07, 6.45) is 3.28. The number of carbonyl (C=O) groups excluding carboxylic acids is 2. The molecule has 1 heterocycles. The van der Waals surface area contributed by atoms with Crippen LogP contribution in [0, 0.1) is 10.1 Å². The molecule has 4 rings (SSSR count). The number of para-hydroxylation sites is 2. The first-order valence-electron chi connectivity index (χ1n) is 10.2. The molecule has 1 amide bonds. The summed E-state index contributed by atoms with van der Waals surface area (Å²) in [4.78, 5) is 38.7. The van der Waals surface area contributed by atoms with Gasteiger partial charge in [0.1, 0.15) is 18.0 Å². The van der Waals surface area contributed by atoms with E-state index in [1.807, 2.05) is 24.3 Å². The Labute approximate surface area is 179 Å². The van der Waals surface area contributed by atoms with Gasteiger partial charge in [-0.25, -0.2) is 0 Å². The van der Waals surface area contributed by atoms with Gasteiger partial charge in [-0.2, -0.15) is 0 Å². The van der Waals surface area contributed by atoms with Crippen molar-refractivity contribution in [3.8, 4) is 5.75 Å². The number of hydrogen-bond donors (Lipinski definition) is 0. The van der Waals surface area contributed by atoms with Crippen LogP contribution in [-0.2, 0) is 9.59 Å². The first-order valence-corrected chi connectivity index (χ1v) is 10.2. The fourth-order valence-electron chi connectivity index (χ4n) is 4.32. The summed E-state index contributed by atoms with van der Waals surface area (Å²) >= 11 is 0. The fourth-order valence-corrected chi connectivity index (χ4v) is 4.32. The van der Waals surface area contributed by atoms with Gasteiger partial charge >= 0.3 is 0 Å². The molecule has 0 saturated carbocycles. The summed E-state index contributed by atoms with van der Waals surface area (Å²) in [5, 5.41) is 11.6. The zero-order chi connectivity index (χ0) is 22.0. The minimum absolute atomic E-state index is 0.00526. The third-order valence-electron chi connectivity index (χ3n) is 5.64. The second-order valence-electron chi connectivity index (χ2n) is 7.54. The van der Waals surface area contributed by atoms with Crippen molar-refractivity contribution in [1.82, 2.24) is 0 Å². The van der Waals surface area contributed by atoms with E-state index >= 15 is 0 Å². The highest BCUT2D eigenvalue weighted by atomic mass is 16.6. The van der Waals surface area contributed by atoms with Gasteiger partial charge in [0.25, 0.3) is 5.69 Å². The monoisotopic (exact) mass is 418 g/mol. The van der Waals surface area contributed by atoms with Crippen LogP contribution in [0.2, 0.25) is 0 Å². The molecular formula is C24H22N2O5. The summed E-state index contributed by atoms with van der Waals surface area (Å²) in [6.45, 7) is 4.01. The van der Waals surface area contributed by atoms with E-state index in [4.69, 9.17) is 4.74 Å². The molecule has 158 valence electrons. The number of Topliss-reactive ketones (excluding diaryl/α,β-unsaturated/α-hetero) is 1. The minimum atomic E-state index is -0.498. The van der Waals surface area contributed by atoms with Crippen molar-refractivity contribution in [2.45, 2.75) is 31.6 Å². The molecule has 0 saturated heterocycles. The lowest BCUT2D eigenvalue weighted by Gasteiger charge is -2.38. The predicted octanol–water partition coefficient (Wildman–Crippen LogP) is 4.69. The van der Waals surface area contributed by atoms with Crippen LogP contribution in [0.25, 0.3) is 0 Å². The number of nitro benzene ring substituents is 1. The van der Waals surface area contributed by atoms with Gasteiger partial charge in [-0.3, -0.25) is 24.6 Å². The number of hydrogen-bond acceptors (Lipinski definition) is 5. The van der Waals surface area contributed by atoms with E-state index in [1.54, 1.807) is 24.3 Å². The standard InChI is InChI=1S/C24H22N2O5/c1-2-14-31-17-12-10-16(11-13-17)18-15-23(28)25(21-8-5-9-22(27)24(18)21)19-6-3-4-7-20(19)26(29)30/h2-4,6-7,10-13,18H,1,5,8-9,14-15H2. The van der Waals surface area contributed by atoms with Crippen molar-refractivity contribution in [2.75, 3.05) is 11.5 Å². The molecule has 1 unspecified atom stereocenters. The van der Waals surface area contributed by atoms with Crippen LogP contribution in [0.5, 0.6) is 5.75 Å². The lowest BCUT2D eigenvalue weighted by atomic mass is 9.77. The summed E-state index contributed by atoms with van der Waals surface area (Å²) in [5.41, 5.74) is 2.08. The van der Waals surface area contributed by atoms with Crippen LogP contribution in [0.1, 0.15) is 37.2 Å². The van der Waals surface area contributed by atoms with Gasteiger partial charge in [-0.1, -0.05) is 36.9 Å². The zero-order valence-electron chi connectivity index (χ0n) is 17.0. The lowest BCUT2D eigenvalue weighted by molar-refractivity contribution is -0.384. The second kappa shape index (κ2) is 8.55. The molecule has 1 aliphatic heterocycles. The number of nitrogens with zero attached hydrogens (tertiary/aromatic N) is 2. The Morgan fingerprint density at radius 1 is 1.13 bits per heavy atom. The van der Waals surface area contributed by atoms with E-state index in [2.05, 4.69) is 6.58 Å². The topological polar surface area (TPSA) is 89.8 Å². The highest BCUT2D eigenvalue weighted by molar-refractivity contribution is 6.08. The van der Waals surface area contributed by atoms with E-state index in [-0.39, 0.29) is 35.4 Å². The molecule has 0 fully saturated rings. The maximum absolute atomic E-state index is 13.2. The number of carbonyl (C=O) groups is 2. The quantitative estimate of drug-likeness (QED) is 0.386. The first-order chi connectivity index (χ1) is 15.0. The predicted molar refractivity (Wildman–Crippen MR) is 116 cm³/mol. The highest BCUT2D eigenvalue weighted by Gasteiger charge is 2.41. The number of ether oxygens (including phenoxy) is 1. The third-order valence-corrected chi connectivity index (χ3v) is 5.64. The summed E-state index contributed by atoms with van der Waals surface area (Å²) in [7, 11) is 0. The van der Waals surface area contributed by atoms with Gasteiger partial charge in [-0.15, -0.1) is 0 Å². The zero-order valence-corrected chi connectivity index (χ0v) is 17.0. The average molecular weight is 418 g/mol. The van der Waals surface area contributed by atoms with Gasteiger partial charge in [-0.05, 0) is 36.6 Å². The molecule has 0 bridgehead atoms. The Balaban J connectivity index is 1.79. The summed E-state index contributed by atoms with van der Waals surface area (Å²) in [6, 6.07) is 13.5. The number of ketones is 1. The third kappa shape index (κ3) is 3.86. The van der Waals surface area contributed by atoms with E-state index in [1.165, 1.54) is 11.0 Å². The fraction of sp³-hybridized carbons (Fsp3) is 0.250. The van der Waals surface area contributed by atoms with Crippen molar-refractivity contribution in [2.24, 2.45) is 0 Å². The van der Waals surface area contributed by atoms with Gasteiger partial charge < -0.3 is 4.74 Å². The molecule has 2 aliphatic rings. The molecule has 7 heteroatoms. The number of benzene rings is 2. The van der Waals surface area contributed by atoms with Crippen molar-refractivity contribution in [3.63, 3.8) is 0 Å². The molecule has 2 aromatic carbocycles. The SMILES string of the molecule is C=CCOc1ccc(C2CC(=O)N(c3ccccc3[N+](=O)[O-])C3=C2C(=O)CCC3)cc1. The maximum Gasteiger partial charge on any atom is 0.293 e. The maximum atomic E-state index is 13.2. The van der Waals surface area contributed by atoms with Crippen LogP contribution >= 0.6 is 0 Å². The largest absolute Gasteiger partial charge is 0.490 e. The Hall–Kier alpha value is -3.74. The number of nitro groups is 1. The van der Waals surface area contributed by atoms with Crippen molar-refractivity contribution in [3.05, 3.63) is 88.1 Å². The number of rotatable bonds is 6. The Morgan fingerprint density at radius 2 is 1.87 bits per heavy atom. The van der Waals surface area contributed by atoms with Crippen molar-refractivity contribution >= 4 is 23.1 Å². The highest BCUT2D eigenvalue weighted by Crippen LogP contribution is 2.45.